The van der Waals surface area contributed by atoms with Gasteiger partial charge in [-0.1, -0.05) is 0 Å². The predicted octanol–water partition coefficient (Wildman–Crippen LogP) is 5.13. The maximum atomic E-state index is 12.0. The van der Waals surface area contributed by atoms with E-state index in [1.807, 2.05) is 0 Å². The fourth-order valence-electron chi connectivity index (χ4n) is 2.83. The van der Waals surface area contributed by atoms with Crippen LogP contribution >= 0.6 is 31.9 Å². The molecule has 0 bridgehead atoms. The molecule has 0 aromatic carbocycles. The molecule has 2 aromatic heterocycles. The van der Waals surface area contributed by atoms with Crippen LogP contribution in [0.3, 0.4) is 0 Å². The van der Waals surface area contributed by atoms with Crippen LogP contribution in [0.5, 0.6) is 0 Å². The van der Waals surface area contributed by atoms with Crippen molar-refractivity contribution in [1.82, 2.24) is 19.3 Å². The van der Waals surface area contributed by atoms with E-state index in [0.717, 1.165) is 9.35 Å². The lowest BCUT2D eigenvalue weighted by molar-refractivity contribution is -0.142. The highest BCUT2D eigenvalue weighted by Crippen LogP contribution is 2.13. The third kappa shape index (κ3) is 19.3. The number of ether oxygens (including phenoxy) is 5. The second-order valence-electron chi connectivity index (χ2n) is 10.8. The molecule has 2 N–H and O–H groups in total. The van der Waals surface area contributed by atoms with Crippen LogP contribution in [0.1, 0.15) is 96.9 Å². The molecule has 0 fully saturated rings. The Kier molecular flexibility index (Phi) is 18.6. The van der Waals surface area contributed by atoms with Crippen molar-refractivity contribution in [3.8, 4) is 0 Å². The van der Waals surface area contributed by atoms with E-state index >= 15 is 0 Å². The molecule has 0 radical (unpaired) electrons. The van der Waals surface area contributed by atoms with E-state index in [4.69, 9.17) is 18.9 Å². The lowest BCUT2D eigenvalue weighted by Gasteiger charge is -2.20. The Hall–Kier alpha value is -4.00. The number of aromatic nitrogens is 4. The monoisotopic (exact) mass is 796 g/mol. The van der Waals surface area contributed by atoms with E-state index in [1.54, 1.807) is 62.3 Å². The summed E-state index contributed by atoms with van der Waals surface area (Å²) in [5.41, 5.74) is 3.44. The Bertz CT molecular complexity index is 1380. The van der Waals surface area contributed by atoms with Gasteiger partial charge in [0.1, 0.15) is 26.8 Å². The first kappa shape index (κ1) is 43.0. The number of rotatable bonds is 9. The van der Waals surface area contributed by atoms with Crippen molar-refractivity contribution in [2.75, 3.05) is 30.7 Å². The molecule has 19 heteroatoms. The molecule has 0 unspecified atom stereocenters. The lowest BCUT2D eigenvalue weighted by Crippen LogP contribution is -2.33. The smallest absolute Gasteiger partial charge is 0.427 e. The molecule has 264 valence electrons. The number of Topliss-reactive ketones (excluding diaryl/α,β-unsaturated/α-hetero) is 1. The van der Waals surface area contributed by atoms with Crippen molar-refractivity contribution in [1.29, 1.82) is 0 Å². The molecule has 0 spiro atoms. The van der Waals surface area contributed by atoms with Crippen molar-refractivity contribution in [3.05, 3.63) is 33.2 Å². The highest BCUT2D eigenvalue weighted by molar-refractivity contribution is 9.10. The molecular formula is C28H42Br2N6O11. The van der Waals surface area contributed by atoms with Crippen LogP contribution in [-0.4, -0.2) is 86.2 Å². The summed E-state index contributed by atoms with van der Waals surface area (Å²) in [4.78, 5) is 76.0. The average molecular weight is 798 g/mol. The van der Waals surface area contributed by atoms with Crippen LogP contribution in [0.4, 0.5) is 9.59 Å². The van der Waals surface area contributed by atoms with Gasteiger partial charge >= 0.3 is 30.1 Å². The van der Waals surface area contributed by atoms with E-state index in [0.29, 0.717) is 15.8 Å². The molecule has 0 saturated carbocycles. The number of carbonyl (C=O) groups is 6. The number of imidazole rings is 2. The van der Waals surface area contributed by atoms with E-state index in [1.165, 1.54) is 19.3 Å². The molecule has 0 atom stereocenters. The molecule has 47 heavy (non-hydrogen) atoms. The van der Waals surface area contributed by atoms with Gasteiger partial charge in [-0.15, -0.1) is 0 Å². The number of nitrogens with zero attached hydrogens (tertiary/aromatic N) is 4. The SMILES string of the molecule is CCOC(=O)CC(=O)c1nc(Br)cn1NC(=O)OC(C)(C)C.CCOC(=O)c1nc(Br)cn1NC(=O)OC(C)(C)C.CCOC(C)=O. The Morgan fingerprint density at radius 3 is 1.47 bits per heavy atom. The third-order valence-corrected chi connectivity index (χ3v) is 5.00. The number of ketones is 1. The Morgan fingerprint density at radius 2 is 1.11 bits per heavy atom. The van der Waals surface area contributed by atoms with E-state index in [-0.39, 0.29) is 30.8 Å². The minimum Gasteiger partial charge on any atom is -0.466 e. The van der Waals surface area contributed by atoms with Crippen LogP contribution < -0.4 is 10.9 Å². The molecule has 2 heterocycles. The molecule has 0 aliphatic heterocycles. The summed E-state index contributed by atoms with van der Waals surface area (Å²) in [6.07, 6.45) is 0.900. The zero-order valence-corrected chi connectivity index (χ0v) is 31.2. The fraction of sp³-hybridized carbons (Fsp3) is 0.571. The van der Waals surface area contributed by atoms with Gasteiger partial charge < -0.3 is 23.7 Å². The van der Waals surface area contributed by atoms with Gasteiger partial charge in [0, 0.05) is 6.92 Å². The number of nitrogens with one attached hydrogen (secondary N) is 2. The molecule has 2 rings (SSSR count). The molecule has 0 aliphatic rings. The molecular weight excluding hydrogens is 756 g/mol. The van der Waals surface area contributed by atoms with Crippen molar-refractivity contribution >= 4 is 67.7 Å². The predicted molar refractivity (Wildman–Crippen MR) is 175 cm³/mol. The Balaban J connectivity index is 0.000000773. The zero-order chi connectivity index (χ0) is 36.5. The topological polar surface area (TPSA) is 208 Å². The van der Waals surface area contributed by atoms with E-state index < -0.39 is 47.5 Å². The number of amides is 2. The summed E-state index contributed by atoms with van der Waals surface area (Å²) in [6.45, 7) is 17.7. The highest BCUT2D eigenvalue weighted by atomic mass is 79.9. The van der Waals surface area contributed by atoms with Crippen LogP contribution in [0.15, 0.2) is 21.6 Å². The van der Waals surface area contributed by atoms with E-state index in [9.17, 15) is 28.8 Å². The number of halogens is 2. The first-order valence-corrected chi connectivity index (χ1v) is 15.7. The van der Waals surface area contributed by atoms with Crippen molar-refractivity contribution in [3.63, 3.8) is 0 Å². The molecule has 2 amide bonds. The van der Waals surface area contributed by atoms with Gasteiger partial charge in [0.15, 0.2) is 5.82 Å². The molecule has 2 aromatic rings. The van der Waals surface area contributed by atoms with Crippen LogP contribution in [0, 0.1) is 0 Å². The van der Waals surface area contributed by atoms with Crippen molar-refractivity contribution in [2.24, 2.45) is 0 Å². The maximum Gasteiger partial charge on any atom is 0.427 e. The van der Waals surface area contributed by atoms with Gasteiger partial charge in [0.2, 0.25) is 11.6 Å². The van der Waals surface area contributed by atoms with E-state index in [2.05, 4.69) is 57.4 Å². The summed E-state index contributed by atoms with van der Waals surface area (Å²) in [5, 5.41) is 0. The summed E-state index contributed by atoms with van der Waals surface area (Å²) in [6, 6.07) is 0. The molecule has 0 saturated heterocycles. The largest absolute Gasteiger partial charge is 0.466 e. The second-order valence-corrected chi connectivity index (χ2v) is 12.4. The van der Waals surface area contributed by atoms with Gasteiger partial charge in [-0.3, -0.25) is 14.4 Å². The van der Waals surface area contributed by atoms with Gasteiger partial charge in [0.25, 0.3) is 0 Å². The minimum atomic E-state index is -0.748. The fourth-order valence-corrected chi connectivity index (χ4v) is 3.58. The summed E-state index contributed by atoms with van der Waals surface area (Å²) in [7, 11) is 0. The summed E-state index contributed by atoms with van der Waals surface area (Å²) < 4.78 is 27.1. The zero-order valence-electron chi connectivity index (χ0n) is 28.0. The molecule has 0 aliphatic carbocycles. The standard InChI is InChI=1S/C13H18BrN3O5.C11H16BrN3O4.C4H8O2/c1-5-21-10(19)6-8(18)11-15-9(14)7-17(11)16-12(20)22-13(2,3)4;1-5-18-9(16)8-13-7(12)6-15(8)14-10(17)19-11(2,3)4;1-3-6-4(2)5/h7H,5-6H2,1-4H3,(H,16,20);6H,5H2,1-4H3,(H,14,17);3H2,1-2H3. The summed E-state index contributed by atoms with van der Waals surface area (Å²) in [5.74, 6) is -2.23. The third-order valence-electron chi connectivity index (χ3n) is 4.24. The first-order chi connectivity index (χ1) is 21.6. The van der Waals surface area contributed by atoms with Crippen molar-refractivity contribution < 1.29 is 52.5 Å². The second kappa shape index (κ2) is 20.3. The molecule has 17 nitrogen and oxygen atoms in total. The van der Waals surface area contributed by atoms with Gasteiger partial charge in [-0.25, -0.2) is 44.6 Å². The van der Waals surface area contributed by atoms with Crippen LogP contribution in [0.25, 0.3) is 0 Å². The number of carbonyl (C=O) groups excluding carboxylic acids is 6. The minimum absolute atomic E-state index is 0.0421. The van der Waals surface area contributed by atoms with Gasteiger partial charge in [0.05, 0.1) is 32.2 Å². The first-order valence-electron chi connectivity index (χ1n) is 14.1. The van der Waals surface area contributed by atoms with Gasteiger partial charge in [-0.2, -0.15) is 0 Å². The van der Waals surface area contributed by atoms with Crippen molar-refractivity contribution in [2.45, 2.75) is 86.9 Å². The highest BCUT2D eigenvalue weighted by Gasteiger charge is 2.23. The van der Waals surface area contributed by atoms with Crippen LogP contribution in [0.2, 0.25) is 0 Å². The quantitative estimate of drug-likeness (QED) is 0.146. The van der Waals surface area contributed by atoms with Gasteiger partial charge in [-0.05, 0) is 94.2 Å². The number of hydrogen-bond donors (Lipinski definition) is 2. The Labute approximate surface area is 289 Å². The van der Waals surface area contributed by atoms with Crippen LogP contribution in [-0.2, 0) is 33.3 Å². The Morgan fingerprint density at radius 1 is 0.702 bits per heavy atom. The lowest BCUT2D eigenvalue weighted by atomic mass is 10.2. The normalized spacial score (nSPS) is 10.6. The number of esters is 3. The summed E-state index contributed by atoms with van der Waals surface area (Å²) >= 11 is 6.23. The average Bonchev–Trinajstić information content (AvgIpc) is 3.43. The number of hydrogen-bond acceptors (Lipinski definition) is 13. The maximum absolute atomic E-state index is 12.0.